The topological polar surface area (TPSA) is 64.2 Å². The van der Waals surface area contributed by atoms with E-state index in [1.54, 1.807) is 0 Å². The molecule has 0 unspecified atom stereocenters. The molecule has 5 heteroatoms. The van der Waals surface area contributed by atoms with Crippen molar-refractivity contribution in [2.24, 2.45) is 5.73 Å². The number of carbonyl (C=O) groups excluding carboxylic acids is 1. The number of fused-ring (bicyclic) bond motifs is 1. The quantitative estimate of drug-likeness (QED) is 0.932. The van der Waals surface area contributed by atoms with E-state index in [4.69, 9.17) is 10.7 Å². The Balaban J connectivity index is 1.59. The third-order valence-corrected chi connectivity index (χ3v) is 5.66. The highest BCUT2D eigenvalue weighted by atomic mass is 16.1. The van der Waals surface area contributed by atoms with Gasteiger partial charge in [-0.15, -0.1) is 0 Å². The Kier molecular flexibility index (Phi) is 4.34. The molecule has 5 nitrogen and oxygen atoms in total. The third kappa shape index (κ3) is 2.97. The Hall–Kier alpha value is -2.14. The molecule has 2 N–H and O–H groups in total. The molecule has 0 spiro atoms. The Morgan fingerprint density at radius 2 is 2.00 bits per heavy atom. The fraction of sp³-hybridized carbons (Fsp3) is 0.500. The molecule has 1 aliphatic carbocycles. The van der Waals surface area contributed by atoms with Crippen molar-refractivity contribution >= 4 is 5.91 Å². The van der Waals surface area contributed by atoms with Gasteiger partial charge >= 0.3 is 0 Å². The van der Waals surface area contributed by atoms with Crippen LogP contribution in [0.15, 0.2) is 30.3 Å². The van der Waals surface area contributed by atoms with Gasteiger partial charge in [-0.25, -0.2) is 4.98 Å². The molecule has 1 fully saturated rings. The SMILES string of the molecule is Cc1nc2c(n1[C@@H]1CCN([C@H](C(N)=O)c3ccccc3)C1)CCCC2. The number of hydrogen-bond donors (Lipinski definition) is 1. The molecular formula is C20H26N4O. The molecule has 2 heterocycles. The first kappa shape index (κ1) is 16.3. The van der Waals surface area contributed by atoms with Gasteiger partial charge in [0, 0.05) is 24.8 Å². The lowest BCUT2D eigenvalue weighted by molar-refractivity contribution is -0.123. The van der Waals surface area contributed by atoms with Gasteiger partial charge in [-0.05, 0) is 44.6 Å². The molecule has 1 amide bonds. The van der Waals surface area contributed by atoms with Crippen LogP contribution in [0.5, 0.6) is 0 Å². The molecule has 25 heavy (non-hydrogen) atoms. The number of carbonyl (C=O) groups is 1. The Morgan fingerprint density at radius 1 is 1.24 bits per heavy atom. The second kappa shape index (κ2) is 6.64. The standard InChI is InChI=1S/C20H26N4O/c1-14-22-17-9-5-6-10-18(17)24(14)16-11-12-23(13-16)19(20(21)25)15-7-3-2-4-8-15/h2-4,7-8,16,19H,5-6,9-13H2,1H3,(H2,21,25)/t16-,19+/m1/s1. The summed E-state index contributed by atoms with van der Waals surface area (Å²) in [5, 5.41) is 0. The molecule has 1 aromatic heterocycles. The van der Waals surface area contributed by atoms with E-state index in [0.717, 1.165) is 43.7 Å². The second-order valence-corrected chi connectivity index (χ2v) is 7.28. The number of aromatic nitrogens is 2. The van der Waals surface area contributed by atoms with E-state index in [0.29, 0.717) is 6.04 Å². The van der Waals surface area contributed by atoms with Crippen molar-refractivity contribution in [3.63, 3.8) is 0 Å². The number of nitrogens with two attached hydrogens (primary N) is 1. The number of likely N-dealkylation sites (tertiary alicyclic amines) is 1. The van der Waals surface area contributed by atoms with Crippen molar-refractivity contribution in [1.82, 2.24) is 14.5 Å². The second-order valence-electron chi connectivity index (χ2n) is 7.28. The lowest BCUT2D eigenvalue weighted by atomic mass is 10.0. The van der Waals surface area contributed by atoms with Crippen LogP contribution in [0.25, 0.3) is 0 Å². The van der Waals surface area contributed by atoms with Crippen molar-refractivity contribution in [3.05, 3.63) is 53.1 Å². The van der Waals surface area contributed by atoms with Gasteiger partial charge < -0.3 is 10.3 Å². The van der Waals surface area contributed by atoms with Crippen LogP contribution in [0.2, 0.25) is 0 Å². The fourth-order valence-corrected chi connectivity index (χ4v) is 4.59. The number of rotatable bonds is 4. The summed E-state index contributed by atoms with van der Waals surface area (Å²) in [6, 6.07) is 9.94. The maximum absolute atomic E-state index is 12.1. The lowest BCUT2D eigenvalue weighted by Crippen LogP contribution is -2.36. The van der Waals surface area contributed by atoms with Gasteiger partial charge in [0.25, 0.3) is 0 Å². The average Bonchev–Trinajstić information content (AvgIpc) is 3.19. The Bertz CT molecular complexity index is 768. The summed E-state index contributed by atoms with van der Waals surface area (Å²) < 4.78 is 2.44. The molecule has 1 saturated heterocycles. The molecule has 1 aromatic carbocycles. The lowest BCUT2D eigenvalue weighted by Gasteiger charge is -2.26. The van der Waals surface area contributed by atoms with E-state index in [9.17, 15) is 4.79 Å². The van der Waals surface area contributed by atoms with E-state index in [1.807, 2.05) is 30.3 Å². The zero-order valence-corrected chi connectivity index (χ0v) is 14.8. The van der Waals surface area contributed by atoms with Gasteiger partial charge in [0.1, 0.15) is 11.9 Å². The maximum Gasteiger partial charge on any atom is 0.239 e. The molecule has 0 bridgehead atoms. The van der Waals surface area contributed by atoms with E-state index >= 15 is 0 Å². The summed E-state index contributed by atoms with van der Waals surface area (Å²) in [4.78, 5) is 19.2. The zero-order valence-electron chi connectivity index (χ0n) is 14.8. The van der Waals surface area contributed by atoms with Crippen LogP contribution in [0.4, 0.5) is 0 Å². The molecule has 2 aliphatic rings. The van der Waals surface area contributed by atoms with Gasteiger partial charge in [0.15, 0.2) is 0 Å². The molecule has 132 valence electrons. The van der Waals surface area contributed by atoms with Crippen molar-refractivity contribution in [2.45, 2.75) is 51.1 Å². The first-order valence-corrected chi connectivity index (χ1v) is 9.30. The number of hydrogen-bond acceptors (Lipinski definition) is 3. The Labute approximate surface area is 148 Å². The van der Waals surface area contributed by atoms with Crippen molar-refractivity contribution in [2.75, 3.05) is 13.1 Å². The first-order chi connectivity index (χ1) is 12.1. The number of nitrogens with zero attached hydrogens (tertiary/aromatic N) is 3. The van der Waals surface area contributed by atoms with Crippen LogP contribution in [0.3, 0.4) is 0 Å². The summed E-state index contributed by atoms with van der Waals surface area (Å²) in [5.74, 6) is 0.852. The minimum absolute atomic E-state index is 0.267. The van der Waals surface area contributed by atoms with Crippen molar-refractivity contribution < 1.29 is 4.79 Å². The molecule has 4 rings (SSSR count). The van der Waals surface area contributed by atoms with E-state index in [-0.39, 0.29) is 11.9 Å². The highest BCUT2D eigenvalue weighted by Gasteiger charge is 2.35. The molecule has 2 atom stereocenters. The summed E-state index contributed by atoms with van der Waals surface area (Å²) in [6.07, 6.45) is 5.78. The zero-order chi connectivity index (χ0) is 17.4. The van der Waals surface area contributed by atoms with E-state index in [1.165, 1.54) is 24.2 Å². The third-order valence-electron chi connectivity index (χ3n) is 5.66. The van der Waals surface area contributed by atoms with Gasteiger partial charge in [0.05, 0.1) is 5.69 Å². The monoisotopic (exact) mass is 338 g/mol. The van der Waals surface area contributed by atoms with Crippen LogP contribution >= 0.6 is 0 Å². The van der Waals surface area contributed by atoms with E-state index < -0.39 is 0 Å². The first-order valence-electron chi connectivity index (χ1n) is 9.30. The average molecular weight is 338 g/mol. The summed E-state index contributed by atoms with van der Waals surface area (Å²) >= 11 is 0. The minimum Gasteiger partial charge on any atom is -0.368 e. The molecule has 0 radical (unpaired) electrons. The van der Waals surface area contributed by atoms with Gasteiger partial charge in [0.2, 0.25) is 5.91 Å². The van der Waals surface area contributed by atoms with Crippen LogP contribution in [0, 0.1) is 6.92 Å². The fourth-order valence-electron chi connectivity index (χ4n) is 4.59. The number of aryl methyl sites for hydroxylation is 2. The largest absolute Gasteiger partial charge is 0.368 e. The summed E-state index contributed by atoms with van der Waals surface area (Å²) in [7, 11) is 0. The van der Waals surface area contributed by atoms with Crippen LogP contribution in [-0.2, 0) is 17.6 Å². The number of imidazole rings is 1. The highest BCUT2D eigenvalue weighted by molar-refractivity contribution is 5.81. The normalized spacial score (nSPS) is 21.9. The number of amides is 1. The summed E-state index contributed by atoms with van der Waals surface area (Å²) in [6.45, 7) is 3.86. The minimum atomic E-state index is -0.342. The molecule has 0 saturated carbocycles. The highest BCUT2D eigenvalue weighted by Crippen LogP contribution is 2.34. The van der Waals surface area contributed by atoms with Crippen molar-refractivity contribution in [3.8, 4) is 0 Å². The van der Waals surface area contributed by atoms with Crippen LogP contribution in [-0.4, -0.2) is 33.4 Å². The molecule has 1 aliphatic heterocycles. The Morgan fingerprint density at radius 3 is 2.76 bits per heavy atom. The van der Waals surface area contributed by atoms with Crippen LogP contribution in [0.1, 0.15) is 54.1 Å². The number of primary amides is 1. The van der Waals surface area contributed by atoms with Gasteiger partial charge in [-0.2, -0.15) is 0 Å². The maximum atomic E-state index is 12.1. The summed E-state index contributed by atoms with van der Waals surface area (Å²) in [5.41, 5.74) is 9.45. The smallest absolute Gasteiger partial charge is 0.239 e. The predicted octanol–water partition coefficient (Wildman–Crippen LogP) is 2.54. The number of benzene rings is 1. The van der Waals surface area contributed by atoms with Gasteiger partial charge in [-0.1, -0.05) is 30.3 Å². The van der Waals surface area contributed by atoms with E-state index in [2.05, 4.69) is 16.4 Å². The predicted molar refractivity (Wildman–Crippen MR) is 97.2 cm³/mol. The van der Waals surface area contributed by atoms with Crippen molar-refractivity contribution in [1.29, 1.82) is 0 Å². The molecule has 2 aromatic rings. The van der Waals surface area contributed by atoms with Gasteiger partial charge in [-0.3, -0.25) is 9.69 Å². The van der Waals surface area contributed by atoms with Crippen LogP contribution < -0.4 is 5.73 Å². The molecular weight excluding hydrogens is 312 g/mol.